The van der Waals surface area contributed by atoms with Crippen LogP contribution in [0.15, 0.2) is 36.8 Å². The van der Waals surface area contributed by atoms with Crippen LogP contribution in [0.2, 0.25) is 0 Å². The normalized spacial score (nSPS) is 13.3. The van der Waals surface area contributed by atoms with Crippen LogP contribution in [0, 0.1) is 0 Å². The number of rotatable bonds is 5. The lowest BCUT2D eigenvalue weighted by molar-refractivity contribution is -0.116. The molecule has 3 heterocycles. The van der Waals surface area contributed by atoms with Crippen LogP contribution < -0.4 is 10.1 Å². The van der Waals surface area contributed by atoms with Crippen molar-refractivity contribution < 1.29 is 14.3 Å². The summed E-state index contributed by atoms with van der Waals surface area (Å²) in [6.45, 7) is 4.36. The Morgan fingerprint density at radius 2 is 2.11 bits per heavy atom. The van der Waals surface area contributed by atoms with E-state index >= 15 is 0 Å². The Balaban J connectivity index is 1.44. The number of amides is 1. The molecule has 0 fully saturated rings. The summed E-state index contributed by atoms with van der Waals surface area (Å²) in [6, 6.07) is 5.58. The lowest BCUT2D eigenvalue weighted by Gasteiger charge is -2.16. The van der Waals surface area contributed by atoms with Gasteiger partial charge in [0.25, 0.3) is 0 Å². The van der Waals surface area contributed by atoms with E-state index < -0.39 is 0 Å². The summed E-state index contributed by atoms with van der Waals surface area (Å²) < 4.78 is 7.13. The molecule has 2 aromatic heterocycles. The minimum atomic E-state index is -0.246. The maximum atomic E-state index is 12.2. The van der Waals surface area contributed by atoms with Crippen LogP contribution in [-0.4, -0.2) is 43.1 Å². The van der Waals surface area contributed by atoms with Gasteiger partial charge in [-0.1, -0.05) is 6.07 Å². The van der Waals surface area contributed by atoms with Gasteiger partial charge >= 0.3 is 0 Å². The van der Waals surface area contributed by atoms with Crippen LogP contribution in [0.5, 0.6) is 5.75 Å². The number of Topliss-reactive ketones (excluding diaryl/α,β-unsaturated/α-hetero) is 1. The monoisotopic (exact) mass is 380 g/mol. The predicted octanol–water partition coefficient (Wildman–Crippen LogP) is 2.33. The standard InChI is InChI=1S/C19H20N6O3/c1-12(2)25-21-9-18(23-25)22-19(27)11-24-10-14(8-20-24)13-3-4-15-16(26)5-6-28-17(15)7-13/h3-4,7-10,12H,5-6,11H2,1-2H3,(H,22,23,27). The highest BCUT2D eigenvalue weighted by molar-refractivity contribution is 6.00. The van der Waals surface area contributed by atoms with Crippen molar-refractivity contribution in [3.8, 4) is 16.9 Å². The van der Waals surface area contributed by atoms with Crippen LogP contribution in [0.1, 0.15) is 36.7 Å². The van der Waals surface area contributed by atoms with Crippen molar-refractivity contribution in [3.05, 3.63) is 42.4 Å². The number of hydrogen-bond acceptors (Lipinski definition) is 6. The minimum absolute atomic E-state index is 0.0501. The zero-order valence-electron chi connectivity index (χ0n) is 15.6. The highest BCUT2D eigenvalue weighted by Gasteiger charge is 2.19. The van der Waals surface area contributed by atoms with Gasteiger partial charge in [-0.25, -0.2) is 0 Å². The van der Waals surface area contributed by atoms with Crippen molar-refractivity contribution in [2.75, 3.05) is 11.9 Å². The number of anilines is 1. The molecule has 0 aliphatic carbocycles. The van der Waals surface area contributed by atoms with E-state index in [9.17, 15) is 9.59 Å². The Kier molecular flexibility index (Phi) is 4.64. The third-order valence-corrected chi connectivity index (χ3v) is 4.38. The number of nitrogens with zero attached hydrogens (tertiary/aromatic N) is 5. The summed E-state index contributed by atoms with van der Waals surface area (Å²) in [5.41, 5.74) is 2.32. The van der Waals surface area contributed by atoms with Crippen molar-refractivity contribution in [1.82, 2.24) is 24.8 Å². The van der Waals surface area contributed by atoms with E-state index in [1.54, 1.807) is 23.1 Å². The molecule has 144 valence electrons. The lowest BCUT2D eigenvalue weighted by atomic mass is 10.0. The van der Waals surface area contributed by atoms with Gasteiger partial charge in [0.05, 0.1) is 30.6 Å². The van der Waals surface area contributed by atoms with E-state index in [4.69, 9.17) is 4.74 Å². The molecule has 1 aliphatic rings. The summed E-state index contributed by atoms with van der Waals surface area (Å²) in [6.07, 6.45) is 5.37. The van der Waals surface area contributed by atoms with Crippen LogP contribution in [-0.2, 0) is 11.3 Å². The molecule has 1 amide bonds. The topological polar surface area (TPSA) is 104 Å². The van der Waals surface area contributed by atoms with Gasteiger partial charge in [0.1, 0.15) is 12.3 Å². The summed E-state index contributed by atoms with van der Waals surface area (Å²) in [4.78, 5) is 25.7. The van der Waals surface area contributed by atoms with Crippen molar-refractivity contribution >= 4 is 17.5 Å². The van der Waals surface area contributed by atoms with Gasteiger partial charge in [-0.05, 0) is 31.5 Å². The molecule has 28 heavy (non-hydrogen) atoms. The van der Waals surface area contributed by atoms with Crippen molar-refractivity contribution in [2.45, 2.75) is 32.9 Å². The third-order valence-electron chi connectivity index (χ3n) is 4.38. The number of fused-ring (bicyclic) bond motifs is 1. The smallest absolute Gasteiger partial charge is 0.247 e. The number of carbonyl (C=O) groups excluding carboxylic acids is 2. The highest BCUT2D eigenvalue weighted by Crippen LogP contribution is 2.30. The second-order valence-electron chi connectivity index (χ2n) is 6.85. The van der Waals surface area contributed by atoms with Crippen LogP contribution >= 0.6 is 0 Å². The number of ketones is 1. The van der Waals surface area contributed by atoms with Gasteiger partial charge in [-0.3, -0.25) is 14.3 Å². The molecule has 0 bridgehead atoms. The van der Waals surface area contributed by atoms with E-state index in [1.165, 1.54) is 11.0 Å². The fourth-order valence-corrected chi connectivity index (χ4v) is 2.95. The largest absolute Gasteiger partial charge is 0.492 e. The average molecular weight is 380 g/mol. The van der Waals surface area contributed by atoms with E-state index in [-0.39, 0.29) is 24.3 Å². The second-order valence-corrected chi connectivity index (χ2v) is 6.85. The molecule has 0 saturated carbocycles. The summed E-state index contributed by atoms with van der Waals surface area (Å²) in [5, 5.41) is 15.2. The van der Waals surface area contributed by atoms with Gasteiger partial charge in [-0.15, -0.1) is 5.10 Å². The molecular weight excluding hydrogens is 360 g/mol. The number of aromatic nitrogens is 5. The van der Waals surface area contributed by atoms with Crippen LogP contribution in [0.25, 0.3) is 11.1 Å². The first-order chi connectivity index (χ1) is 13.5. The van der Waals surface area contributed by atoms with E-state index in [0.29, 0.717) is 30.2 Å². The molecule has 3 aromatic rings. The molecule has 1 N–H and O–H groups in total. The molecule has 0 unspecified atom stereocenters. The molecule has 9 nitrogen and oxygen atoms in total. The van der Waals surface area contributed by atoms with Gasteiger partial charge in [0.15, 0.2) is 11.6 Å². The lowest BCUT2D eigenvalue weighted by Crippen LogP contribution is -2.19. The van der Waals surface area contributed by atoms with Crippen molar-refractivity contribution in [1.29, 1.82) is 0 Å². The Morgan fingerprint density at radius 1 is 1.25 bits per heavy atom. The molecule has 0 spiro atoms. The number of benzene rings is 1. The number of hydrogen-bond donors (Lipinski definition) is 1. The van der Waals surface area contributed by atoms with Gasteiger partial charge in [0.2, 0.25) is 5.91 Å². The van der Waals surface area contributed by atoms with Crippen LogP contribution in [0.3, 0.4) is 0 Å². The zero-order valence-corrected chi connectivity index (χ0v) is 15.6. The third kappa shape index (κ3) is 3.64. The first kappa shape index (κ1) is 17.9. The Morgan fingerprint density at radius 3 is 2.89 bits per heavy atom. The number of carbonyl (C=O) groups is 2. The quantitative estimate of drug-likeness (QED) is 0.728. The van der Waals surface area contributed by atoms with E-state index in [2.05, 4.69) is 20.6 Å². The van der Waals surface area contributed by atoms with Crippen molar-refractivity contribution in [3.63, 3.8) is 0 Å². The number of ether oxygens (including phenoxy) is 1. The first-order valence-electron chi connectivity index (χ1n) is 9.04. The van der Waals surface area contributed by atoms with Crippen LogP contribution in [0.4, 0.5) is 5.82 Å². The van der Waals surface area contributed by atoms with Gasteiger partial charge in [-0.2, -0.15) is 15.0 Å². The zero-order chi connectivity index (χ0) is 19.7. The van der Waals surface area contributed by atoms with Gasteiger partial charge in [0, 0.05) is 18.2 Å². The molecule has 4 rings (SSSR count). The second kappa shape index (κ2) is 7.26. The minimum Gasteiger partial charge on any atom is -0.492 e. The predicted molar refractivity (Wildman–Crippen MR) is 101 cm³/mol. The van der Waals surface area contributed by atoms with Crippen molar-refractivity contribution in [2.24, 2.45) is 0 Å². The molecular formula is C19H20N6O3. The number of nitrogens with one attached hydrogen (secondary N) is 1. The first-order valence-corrected chi connectivity index (χ1v) is 9.04. The molecule has 1 aliphatic heterocycles. The fourth-order valence-electron chi connectivity index (χ4n) is 2.95. The Hall–Kier alpha value is -3.49. The Bertz CT molecular complexity index is 1040. The van der Waals surface area contributed by atoms with E-state index in [1.807, 2.05) is 26.0 Å². The highest BCUT2D eigenvalue weighted by atomic mass is 16.5. The fraction of sp³-hybridized carbons (Fsp3) is 0.316. The average Bonchev–Trinajstić information content (AvgIpc) is 3.31. The maximum Gasteiger partial charge on any atom is 0.247 e. The Labute approximate surface area is 161 Å². The summed E-state index contributed by atoms with van der Waals surface area (Å²) in [7, 11) is 0. The SMILES string of the molecule is CC(C)n1ncc(NC(=O)Cn2cc(-c3ccc4c(c3)OCCC4=O)cn2)n1. The summed E-state index contributed by atoms with van der Waals surface area (Å²) in [5.74, 6) is 0.842. The molecule has 1 aromatic carbocycles. The molecule has 0 saturated heterocycles. The molecule has 9 heteroatoms. The summed E-state index contributed by atoms with van der Waals surface area (Å²) >= 11 is 0. The van der Waals surface area contributed by atoms with E-state index in [0.717, 1.165) is 11.1 Å². The maximum absolute atomic E-state index is 12.2. The van der Waals surface area contributed by atoms with Gasteiger partial charge < -0.3 is 10.1 Å². The molecule has 0 radical (unpaired) electrons. The molecule has 0 atom stereocenters.